The Morgan fingerprint density at radius 2 is 0.918 bits per heavy atom. The van der Waals surface area contributed by atoms with Crippen LogP contribution in [0.5, 0.6) is 11.5 Å². The molecular formula is C32H32CuN8O6S2. The van der Waals surface area contributed by atoms with E-state index < -0.39 is 20.0 Å². The molecule has 259 valence electrons. The zero-order valence-corrected chi connectivity index (χ0v) is 28.1. The van der Waals surface area contributed by atoms with E-state index in [2.05, 4.69) is 30.5 Å². The van der Waals surface area contributed by atoms with Gasteiger partial charge < -0.3 is 21.7 Å². The molecule has 17 heteroatoms. The van der Waals surface area contributed by atoms with E-state index in [1.54, 1.807) is 36.7 Å². The van der Waals surface area contributed by atoms with Crippen LogP contribution in [0.25, 0.3) is 21.8 Å². The Bertz CT molecular complexity index is 2110. The van der Waals surface area contributed by atoms with Gasteiger partial charge in [0.25, 0.3) is 20.0 Å². The van der Waals surface area contributed by atoms with Gasteiger partial charge in [-0.3, -0.25) is 9.97 Å². The summed E-state index contributed by atoms with van der Waals surface area (Å²) in [6.45, 7) is 0.466. The molecule has 4 aromatic carbocycles. The number of aromatic nitrogens is 2. The molecule has 0 saturated carbocycles. The summed E-state index contributed by atoms with van der Waals surface area (Å²) in [6.07, 6.45) is 3.17. The molecule has 0 bridgehead atoms. The van der Waals surface area contributed by atoms with Crippen LogP contribution >= 0.6 is 0 Å². The number of fused-ring (bicyclic) bond motifs is 2. The number of anilines is 2. The number of hydrazine groups is 2. The fourth-order valence-corrected chi connectivity index (χ4v) is 6.36. The summed E-state index contributed by atoms with van der Waals surface area (Å²) < 4.78 is 48.7. The third-order valence-electron chi connectivity index (χ3n) is 7.03. The summed E-state index contributed by atoms with van der Waals surface area (Å²) >= 11 is 0. The molecule has 2 aromatic heterocycles. The van der Waals surface area contributed by atoms with Gasteiger partial charge in [-0.05, 0) is 83.9 Å². The predicted octanol–water partition coefficient (Wildman–Crippen LogP) is 3.01. The average molecular weight is 752 g/mol. The number of hydrogen-bond donors (Lipinski definition) is 8. The van der Waals surface area contributed by atoms with Gasteiger partial charge in [-0.15, -0.1) is 9.66 Å². The molecule has 0 atom stereocenters. The first-order valence-electron chi connectivity index (χ1n) is 14.3. The van der Waals surface area contributed by atoms with Crippen molar-refractivity contribution in [3.63, 3.8) is 0 Å². The molecule has 14 nitrogen and oxygen atoms in total. The van der Waals surface area contributed by atoms with E-state index in [9.17, 15) is 27.0 Å². The molecule has 0 spiro atoms. The largest absolute Gasteiger partial charge is 0.506 e. The van der Waals surface area contributed by atoms with E-state index in [0.29, 0.717) is 22.4 Å². The summed E-state index contributed by atoms with van der Waals surface area (Å²) in [5.74, 6) is 0.161. The third kappa shape index (κ3) is 9.20. The summed E-state index contributed by atoms with van der Waals surface area (Å²) in [5, 5.41) is 21.1. The summed E-state index contributed by atoms with van der Waals surface area (Å²) in [5.41, 5.74) is 20.0. The minimum absolute atomic E-state index is 0. The van der Waals surface area contributed by atoms with E-state index in [0.717, 1.165) is 21.9 Å². The normalized spacial score (nSPS) is 11.4. The maximum absolute atomic E-state index is 12.2. The molecule has 0 aliphatic carbocycles. The number of aromatic hydroxyl groups is 2. The molecule has 1 radical (unpaired) electrons. The fourth-order valence-electron chi connectivity index (χ4n) is 4.61. The first-order valence-corrected chi connectivity index (χ1v) is 17.2. The minimum atomic E-state index is -3.69. The SMILES string of the molecule is Nc1ccc(S(=O)(=O)NNCc2ccc(O)c3ncccc23)cc1.Nc1ccc(S(=O)(=O)NNCc2ccc(O)c3ncccc23)cc1.[Cu]. The van der Waals surface area contributed by atoms with Crippen molar-refractivity contribution in [2.45, 2.75) is 22.9 Å². The number of phenols is 2. The Balaban J connectivity index is 0.000000216. The number of sulfonamides is 2. The minimum Gasteiger partial charge on any atom is -0.506 e. The second-order valence-electron chi connectivity index (χ2n) is 10.3. The Hall–Kier alpha value is -4.84. The maximum Gasteiger partial charge on any atom is 0.253 e. The fraction of sp³-hybridized carbons (Fsp3) is 0.0625. The number of phenolic OH excluding ortho intramolecular Hbond substituents is 2. The molecule has 0 saturated heterocycles. The quantitative estimate of drug-likeness (QED) is 0.0573. The molecule has 0 aliphatic heterocycles. The van der Waals surface area contributed by atoms with Gasteiger partial charge in [0.1, 0.15) is 22.5 Å². The van der Waals surface area contributed by atoms with Gasteiger partial charge in [0.2, 0.25) is 0 Å². The van der Waals surface area contributed by atoms with Gasteiger partial charge in [0.05, 0.1) is 9.79 Å². The summed E-state index contributed by atoms with van der Waals surface area (Å²) in [7, 11) is -7.38. The molecule has 0 unspecified atom stereocenters. The first-order chi connectivity index (χ1) is 22.9. The monoisotopic (exact) mass is 751 g/mol. The zero-order valence-electron chi connectivity index (χ0n) is 25.5. The Morgan fingerprint density at radius 3 is 1.29 bits per heavy atom. The Kier molecular flexibility index (Phi) is 12.1. The Morgan fingerprint density at radius 1 is 0.551 bits per heavy atom. The number of hydrogen-bond acceptors (Lipinski definition) is 12. The van der Waals surface area contributed by atoms with Gasteiger partial charge in [0, 0.05) is 64.7 Å². The standard InChI is InChI=1S/2C16H16N4O3S.Cu/c2*17-12-4-6-13(7-5-12)24(22,23)20-19-10-11-3-8-15(21)16-14(11)2-1-9-18-16;/h2*1-9,19-21H,10,17H2;. The van der Waals surface area contributed by atoms with Crippen molar-refractivity contribution in [1.29, 1.82) is 0 Å². The molecule has 0 aliphatic rings. The van der Waals surface area contributed by atoms with Gasteiger partial charge in [0.15, 0.2) is 0 Å². The second-order valence-corrected chi connectivity index (χ2v) is 13.7. The van der Waals surface area contributed by atoms with Crippen molar-refractivity contribution in [2.24, 2.45) is 0 Å². The smallest absolute Gasteiger partial charge is 0.253 e. The second kappa shape index (κ2) is 16.0. The number of rotatable bonds is 10. The van der Waals surface area contributed by atoms with Crippen LogP contribution in [0.15, 0.2) is 119 Å². The third-order valence-corrected chi connectivity index (χ3v) is 9.64. The van der Waals surface area contributed by atoms with E-state index in [-0.39, 0.29) is 51.4 Å². The van der Waals surface area contributed by atoms with Crippen molar-refractivity contribution in [2.75, 3.05) is 11.5 Å². The van der Waals surface area contributed by atoms with Crippen LogP contribution in [0.2, 0.25) is 0 Å². The van der Waals surface area contributed by atoms with Crippen LogP contribution in [0.3, 0.4) is 0 Å². The number of benzene rings is 4. The number of nitrogens with one attached hydrogen (secondary N) is 4. The number of pyridine rings is 2. The van der Waals surface area contributed by atoms with E-state index in [4.69, 9.17) is 11.5 Å². The van der Waals surface area contributed by atoms with Gasteiger partial charge in [-0.1, -0.05) is 24.3 Å². The van der Waals surface area contributed by atoms with E-state index >= 15 is 0 Å². The molecule has 6 aromatic rings. The van der Waals surface area contributed by atoms with Crippen molar-refractivity contribution in [3.05, 3.63) is 121 Å². The maximum atomic E-state index is 12.2. The molecule has 6 rings (SSSR count). The van der Waals surface area contributed by atoms with Crippen LogP contribution in [-0.4, -0.2) is 37.0 Å². The molecule has 0 amide bonds. The van der Waals surface area contributed by atoms with Crippen molar-refractivity contribution >= 4 is 53.2 Å². The molecule has 2 heterocycles. The van der Waals surface area contributed by atoms with E-state index in [1.165, 1.54) is 60.7 Å². The van der Waals surface area contributed by atoms with Crippen LogP contribution in [0, 0.1) is 0 Å². The number of nitrogens with two attached hydrogens (primary N) is 2. The summed E-state index contributed by atoms with van der Waals surface area (Å²) in [6, 6.07) is 25.4. The molecule has 49 heavy (non-hydrogen) atoms. The number of nitrogens with zero attached hydrogens (tertiary/aromatic N) is 2. The predicted molar refractivity (Wildman–Crippen MR) is 183 cm³/mol. The first kappa shape index (κ1) is 37.0. The average Bonchev–Trinajstić information content (AvgIpc) is 3.08. The Labute approximate surface area is 293 Å². The topological polar surface area (TPSA) is 235 Å². The summed E-state index contributed by atoms with van der Waals surface area (Å²) in [4.78, 5) is 13.1. The van der Waals surface area contributed by atoms with Crippen molar-refractivity contribution in [3.8, 4) is 11.5 Å². The molecular weight excluding hydrogens is 720 g/mol. The zero-order chi connectivity index (χ0) is 34.3. The van der Waals surface area contributed by atoms with Gasteiger partial charge >= 0.3 is 0 Å². The van der Waals surface area contributed by atoms with Crippen LogP contribution in [0.1, 0.15) is 11.1 Å². The van der Waals surface area contributed by atoms with Crippen LogP contribution in [-0.2, 0) is 50.2 Å². The van der Waals surface area contributed by atoms with Crippen molar-refractivity contribution < 1.29 is 44.1 Å². The van der Waals surface area contributed by atoms with Gasteiger partial charge in [-0.25, -0.2) is 27.7 Å². The molecule has 0 fully saturated rings. The molecule has 10 N–H and O–H groups in total. The van der Waals surface area contributed by atoms with Gasteiger partial charge in [-0.2, -0.15) is 0 Å². The van der Waals surface area contributed by atoms with Crippen molar-refractivity contribution in [1.82, 2.24) is 30.5 Å². The van der Waals surface area contributed by atoms with E-state index in [1.807, 2.05) is 12.1 Å². The number of nitrogen functional groups attached to an aromatic ring is 2. The van der Waals surface area contributed by atoms with Crippen LogP contribution < -0.4 is 32.0 Å². The van der Waals surface area contributed by atoms with Crippen LogP contribution in [0.4, 0.5) is 11.4 Å².